The van der Waals surface area contributed by atoms with Gasteiger partial charge in [0.25, 0.3) is 0 Å². The van der Waals surface area contributed by atoms with Crippen molar-refractivity contribution in [2.45, 2.75) is 6.61 Å². The van der Waals surface area contributed by atoms with Gasteiger partial charge in [-0.05, 0) is 24.3 Å². The third-order valence-corrected chi connectivity index (χ3v) is 3.26. The molecule has 2 N–H and O–H groups in total. The normalized spacial score (nSPS) is 10.1. The molecule has 0 bridgehead atoms. The molecule has 0 radical (unpaired) electrons. The highest BCUT2D eigenvalue weighted by atomic mass is 35.5. The highest BCUT2D eigenvalue weighted by Crippen LogP contribution is 2.24. The zero-order chi connectivity index (χ0) is 16.1. The number of nitrogens with two attached hydrogens (primary N) is 1. The van der Waals surface area contributed by atoms with Crippen molar-refractivity contribution in [1.29, 1.82) is 0 Å². The lowest BCUT2D eigenvalue weighted by atomic mass is 10.1. The fourth-order valence-corrected chi connectivity index (χ4v) is 2.12. The number of ether oxygens (including phenoxy) is 2. The van der Waals surface area contributed by atoms with Gasteiger partial charge in [0.2, 0.25) is 5.91 Å². The summed E-state index contributed by atoms with van der Waals surface area (Å²) < 4.78 is 10.3. The molecule has 0 fully saturated rings. The van der Waals surface area contributed by atoms with Gasteiger partial charge in [0.15, 0.2) is 0 Å². The third-order valence-electron chi connectivity index (χ3n) is 3.02. The van der Waals surface area contributed by atoms with Crippen molar-refractivity contribution < 1.29 is 19.1 Å². The average Bonchev–Trinajstić information content (AvgIpc) is 2.52. The van der Waals surface area contributed by atoms with E-state index in [-0.39, 0.29) is 12.2 Å². The van der Waals surface area contributed by atoms with Crippen LogP contribution in [0, 0.1) is 0 Å². The number of halogens is 1. The first-order chi connectivity index (χ1) is 10.5. The number of hydrogen-bond donors (Lipinski definition) is 1. The maximum Gasteiger partial charge on any atom is 0.342 e. The van der Waals surface area contributed by atoms with E-state index in [1.165, 1.54) is 13.2 Å². The first kappa shape index (κ1) is 15.9. The van der Waals surface area contributed by atoms with Gasteiger partial charge in [-0.25, -0.2) is 4.79 Å². The first-order valence-corrected chi connectivity index (χ1v) is 6.79. The van der Waals surface area contributed by atoms with Crippen LogP contribution in [0.15, 0.2) is 42.5 Å². The van der Waals surface area contributed by atoms with E-state index in [9.17, 15) is 9.59 Å². The number of rotatable bonds is 5. The molecule has 0 aromatic heterocycles. The molecule has 1 amide bonds. The van der Waals surface area contributed by atoms with Crippen LogP contribution in [-0.4, -0.2) is 19.0 Å². The van der Waals surface area contributed by atoms with Gasteiger partial charge in [0.05, 0.1) is 7.11 Å². The van der Waals surface area contributed by atoms with Crippen LogP contribution in [0.5, 0.6) is 5.75 Å². The summed E-state index contributed by atoms with van der Waals surface area (Å²) >= 11 is 5.88. The molecule has 0 aliphatic rings. The molecule has 0 saturated heterocycles. The number of methoxy groups -OCH3 is 1. The van der Waals surface area contributed by atoms with Crippen LogP contribution in [0.25, 0.3) is 0 Å². The molecule has 0 heterocycles. The van der Waals surface area contributed by atoms with Crippen molar-refractivity contribution in [3.63, 3.8) is 0 Å². The zero-order valence-electron chi connectivity index (χ0n) is 11.8. The lowest BCUT2D eigenvalue weighted by Crippen LogP contribution is -2.15. The Bertz CT molecular complexity index is 715. The Hall–Kier alpha value is -2.53. The molecular formula is C16H14ClNO4. The molecule has 0 saturated carbocycles. The van der Waals surface area contributed by atoms with E-state index in [0.717, 1.165) is 0 Å². The average molecular weight is 320 g/mol. The minimum absolute atomic E-state index is 0.0758. The summed E-state index contributed by atoms with van der Waals surface area (Å²) in [7, 11) is 1.45. The molecule has 0 aliphatic heterocycles. The molecule has 22 heavy (non-hydrogen) atoms. The van der Waals surface area contributed by atoms with E-state index in [0.29, 0.717) is 21.9 Å². The summed E-state index contributed by atoms with van der Waals surface area (Å²) in [5.74, 6) is -0.816. The molecule has 0 aliphatic carbocycles. The van der Waals surface area contributed by atoms with Gasteiger partial charge < -0.3 is 15.2 Å². The summed E-state index contributed by atoms with van der Waals surface area (Å²) in [5, 5.41) is 0.394. The van der Waals surface area contributed by atoms with Crippen molar-refractivity contribution in [3.8, 4) is 5.75 Å². The Kier molecular flexibility index (Phi) is 5.01. The number of benzene rings is 2. The van der Waals surface area contributed by atoms with Crippen LogP contribution >= 0.6 is 11.6 Å². The number of carbonyl (C=O) groups excluding carboxylic acids is 2. The van der Waals surface area contributed by atoms with Crippen LogP contribution in [0.3, 0.4) is 0 Å². The van der Waals surface area contributed by atoms with Crippen LogP contribution in [0.4, 0.5) is 0 Å². The molecule has 6 heteroatoms. The molecule has 0 unspecified atom stereocenters. The highest BCUT2D eigenvalue weighted by molar-refractivity contribution is 6.31. The Balaban J connectivity index is 2.17. The van der Waals surface area contributed by atoms with Gasteiger partial charge in [-0.1, -0.05) is 29.8 Å². The Morgan fingerprint density at radius 2 is 1.86 bits per heavy atom. The summed E-state index contributed by atoms with van der Waals surface area (Å²) in [5.41, 5.74) is 6.34. The second-order valence-electron chi connectivity index (χ2n) is 4.44. The fraction of sp³-hybridized carbons (Fsp3) is 0.125. The molecule has 0 spiro atoms. The van der Waals surface area contributed by atoms with Gasteiger partial charge in [-0.2, -0.15) is 0 Å². The number of esters is 1. The Morgan fingerprint density at radius 1 is 1.14 bits per heavy atom. The Labute approximate surface area is 132 Å². The topological polar surface area (TPSA) is 78.6 Å². The zero-order valence-corrected chi connectivity index (χ0v) is 12.6. The van der Waals surface area contributed by atoms with E-state index >= 15 is 0 Å². The van der Waals surface area contributed by atoms with Crippen molar-refractivity contribution in [3.05, 3.63) is 64.2 Å². The summed E-state index contributed by atoms with van der Waals surface area (Å²) in [6.07, 6.45) is 0. The summed E-state index contributed by atoms with van der Waals surface area (Å²) in [4.78, 5) is 23.5. The largest absolute Gasteiger partial charge is 0.496 e. The number of amides is 1. The first-order valence-electron chi connectivity index (χ1n) is 6.41. The van der Waals surface area contributed by atoms with Gasteiger partial charge in [0, 0.05) is 16.1 Å². The van der Waals surface area contributed by atoms with Gasteiger partial charge >= 0.3 is 5.97 Å². The van der Waals surface area contributed by atoms with E-state index in [2.05, 4.69) is 0 Å². The van der Waals surface area contributed by atoms with Crippen LogP contribution in [0.1, 0.15) is 26.3 Å². The van der Waals surface area contributed by atoms with E-state index in [1.54, 1.807) is 36.4 Å². The van der Waals surface area contributed by atoms with E-state index in [1.807, 2.05) is 0 Å². The number of primary amides is 1. The van der Waals surface area contributed by atoms with Crippen molar-refractivity contribution in [1.82, 2.24) is 0 Å². The van der Waals surface area contributed by atoms with Crippen LogP contribution in [-0.2, 0) is 11.3 Å². The quantitative estimate of drug-likeness (QED) is 0.859. The number of carbonyl (C=O) groups is 2. The summed E-state index contributed by atoms with van der Waals surface area (Å²) in [6, 6.07) is 11.3. The van der Waals surface area contributed by atoms with Crippen LogP contribution in [0.2, 0.25) is 5.02 Å². The van der Waals surface area contributed by atoms with E-state index < -0.39 is 11.9 Å². The second-order valence-corrected chi connectivity index (χ2v) is 4.88. The molecule has 2 rings (SSSR count). The monoisotopic (exact) mass is 319 g/mol. The summed E-state index contributed by atoms with van der Waals surface area (Å²) in [6.45, 7) is -0.0758. The van der Waals surface area contributed by atoms with Crippen LogP contribution < -0.4 is 10.5 Å². The molecule has 0 atom stereocenters. The smallest absolute Gasteiger partial charge is 0.342 e. The Morgan fingerprint density at radius 3 is 2.55 bits per heavy atom. The maximum absolute atomic E-state index is 12.2. The van der Waals surface area contributed by atoms with Gasteiger partial charge in [-0.3, -0.25) is 4.79 Å². The third kappa shape index (κ3) is 3.56. The number of hydrogen-bond acceptors (Lipinski definition) is 4. The van der Waals surface area contributed by atoms with Gasteiger partial charge in [-0.15, -0.1) is 0 Å². The highest BCUT2D eigenvalue weighted by Gasteiger charge is 2.16. The SMILES string of the molecule is COc1ccc(Cl)cc1C(=O)OCc1ccccc1C(N)=O. The molecular weight excluding hydrogens is 306 g/mol. The molecule has 114 valence electrons. The van der Waals surface area contributed by atoms with Gasteiger partial charge in [0.1, 0.15) is 17.9 Å². The predicted octanol–water partition coefficient (Wildman–Crippen LogP) is 2.80. The lowest BCUT2D eigenvalue weighted by molar-refractivity contribution is 0.0467. The minimum atomic E-state index is -0.598. The minimum Gasteiger partial charge on any atom is -0.496 e. The van der Waals surface area contributed by atoms with E-state index in [4.69, 9.17) is 26.8 Å². The standard InChI is InChI=1S/C16H14ClNO4/c1-21-14-7-6-11(17)8-13(14)16(20)22-9-10-4-2-3-5-12(10)15(18)19/h2-8H,9H2,1H3,(H2,18,19). The fourth-order valence-electron chi connectivity index (χ4n) is 1.95. The molecule has 2 aromatic carbocycles. The molecule has 5 nitrogen and oxygen atoms in total. The van der Waals surface area contributed by atoms with Crippen molar-refractivity contribution in [2.75, 3.05) is 7.11 Å². The molecule has 2 aromatic rings. The van der Waals surface area contributed by atoms with Crippen molar-refractivity contribution in [2.24, 2.45) is 5.73 Å². The second kappa shape index (κ2) is 6.95. The van der Waals surface area contributed by atoms with Crippen molar-refractivity contribution >= 4 is 23.5 Å². The predicted molar refractivity (Wildman–Crippen MR) is 82.1 cm³/mol. The lowest BCUT2D eigenvalue weighted by Gasteiger charge is -2.10. The maximum atomic E-state index is 12.2.